The van der Waals surface area contributed by atoms with Crippen LogP contribution in [-0.4, -0.2) is 36.8 Å². The number of carbonyl (C=O) groups excluding carboxylic acids is 1. The van der Waals surface area contributed by atoms with Crippen molar-refractivity contribution in [3.8, 4) is 0 Å². The van der Waals surface area contributed by atoms with Crippen LogP contribution in [0.4, 0.5) is 0 Å². The van der Waals surface area contributed by atoms with Crippen LogP contribution in [-0.2, 0) is 9.16 Å². The Morgan fingerprint density at radius 2 is 1.54 bits per heavy atom. The first-order chi connectivity index (χ1) is 17.7. The molecule has 4 atom stereocenters. The van der Waals surface area contributed by atoms with Crippen molar-refractivity contribution in [3.05, 3.63) is 78.1 Å². The Morgan fingerprint density at radius 1 is 1.00 bits per heavy atom. The van der Waals surface area contributed by atoms with Crippen LogP contribution in [0.2, 0.25) is 5.04 Å². The zero-order chi connectivity index (χ0) is 26.4. The minimum atomic E-state index is -2.55. The zero-order valence-corrected chi connectivity index (χ0v) is 24.0. The van der Waals surface area contributed by atoms with E-state index in [9.17, 15) is 4.79 Å². The van der Waals surface area contributed by atoms with E-state index in [1.807, 2.05) is 17.7 Å². The molecule has 2 aliphatic carbocycles. The maximum atomic E-state index is 12.4. The van der Waals surface area contributed by atoms with Crippen molar-refractivity contribution >= 4 is 24.7 Å². The lowest BCUT2D eigenvalue weighted by Gasteiger charge is -2.45. The monoisotopic (exact) mass is 516 g/mol. The quantitative estimate of drug-likeness (QED) is 0.284. The molecule has 2 aromatic carbocycles. The van der Waals surface area contributed by atoms with Gasteiger partial charge in [-0.25, -0.2) is 4.79 Å². The fourth-order valence-corrected chi connectivity index (χ4v) is 11.4. The number of esters is 1. The Labute approximate surface area is 222 Å². The van der Waals surface area contributed by atoms with Gasteiger partial charge in [0.1, 0.15) is 0 Å². The summed E-state index contributed by atoms with van der Waals surface area (Å²) in [5.74, 6) is 1.26. The predicted octanol–water partition coefficient (Wildman–Crippen LogP) is 5.71. The van der Waals surface area contributed by atoms with E-state index in [1.165, 1.54) is 16.1 Å². The first kappa shape index (κ1) is 25.9. The van der Waals surface area contributed by atoms with Crippen LogP contribution in [0, 0.1) is 11.8 Å². The van der Waals surface area contributed by atoms with Crippen LogP contribution >= 0.6 is 0 Å². The first-order valence-electron chi connectivity index (χ1n) is 13.7. The van der Waals surface area contributed by atoms with Gasteiger partial charge < -0.3 is 9.16 Å². The van der Waals surface area contributed by atoms with Gasteiger partial charge in [-0.2, -0.15) is 5.10 Å². The molecule has 1 aromatic heterocycles. The van der Waals surface area contributed by atoms with Crippen molar-refractivity contribution in [3.63, 3.8) is 0 Å². The highest BCUT2D eigenvalue weighted by molar-refractivity contribution is 6.99. The third kappa shape index (κ3) is 4.59. The summed E-state index contributed by atoms with van der Waals surface area (Å²) in [7, 11) is -2.55. The number of nitrogens with zero attached hydrogens (tertiary/aromatic N) is 2. The van der Waals surface area contributed by atoms with Crippen LogP contribution in [0.15, 0.2) is 66.7 Å². The molecule has 0 N–H and O–H groups in total. The minimum Gasteiger partial charge on any atom is -0.461 e. The zero-order valence-electron chi connectivity index (χ0n) is 23.0. The molecule has 2 saturated carbocycles. The van der Waals surface area contributed by atoms with Crippen LogP contribution in [0.25, 0.3) is 0 Å². The van der Waals surface area contributed by atoms with Crippen LogP contribution in [0.1, 0.15) is 82.5 Å². The summed E-state index contributed by atoms with van der Waals surface area (Å²) in [6.45, 7) is 13.5. The fraction of sp³-hybridized carbons (Fsp3) is 0.484. The van der Waals surface area contributed by atoms with Crippen molar-refractivity contribution in [2.24, 2.45) is 11.8 Å². The molecule has 5 nitrogen and oxygen atoms in total. The lowest BCUT2D eigenvalue weighted by Crippen LogP contribution is -2.67. The first-order valence-corrected chi connectivity index (χ1v) is 15.6. The van der Waals surface area contributed by atoms with Crippen molar-refractivity contribution in [2.75, 3.05) is 6.61 Å². The number of fused-ring (bicyclic) bond motifs is 1. The second kappa shape index (κ2) is 9.88. The molecular formula is C31H40N2O3Si. The highest BCUT2D eigenvalue weighted by atomic mass is 28.4. The van der Waals surface area contributed by atoms with E-state index in [0.29, 0.717) is 30.1 Å². The summed E-state index contributed by atoms with van der Waals surface area (Å²) >= 11 is 0. The lowest BCUT2D eigenvalue weighted by atomic mass is 10.1. The molecule has 0 bridgehead atoms. The molecule has 37 heavy (non-hydrogen) atoms. The molecule has 2 fully saturated rings. The molecule has 5 rings (SSSR count). The van der Waals surface area contributed by atoms with Gasteiger partial charge in [-0.15, -0.1) is 0 Å². The summed E-state index contributed by atoms with van der Waals surface area (Å²) in [6, 6.07) is 24.0. The van der Waals surface area contributed by atoms with Gasteiger partial charge in [-0.1, -0.05) is 81.4 Å². The lowest BCUT2D eigenvalue weighted by molar-refractivity contribution is 0.0518. The highest BCUT2D eigenvalue weighted by Crippen LogP contribution is 2.64. The van der Waals surface area contributed by atoms with E-state index >= 15 is 0 Å². The molecule has 1 heterocycles. The molecule has 2 aliphatic rings. The molecule has 0 saturated heterocycles. The number of carbonyl (C=O) groups is 1. The number of hydrogen-bond acceptors (Lipinski definition) is 4. The number of rotatable bonds is 8. The van der Waals surface area contributed by atoms with Crippen molar-refractivity contribution in [1.29, 1.82) is 0 Å². The van der Waals surface area contributed by atoms with E-state index in [2.05, 4.69) is 100 Å². The highest BCUT2D eigenvalue weighted by Gasteiger charge is 2.61. The van der Waals surface area contributed by atoms with Crippen LogP contribution in [0.5, 0.6) is 0 Å². The standard InChI is InChI=1S/C31H40N2O3Si/c1-7-35-30(34)27-20-28(33(32-27)21(2)3)29-25-18-22(19-26(25)29)36-37(31(4,5)6,23-14-10-8-11-15-23)24-16-12-9-13-17-24/h8-17,20-22,25-26,29H,7,18-19H2,1-6H3/t22?,25-,26+,29?. The minimum absolute atomic E-state index is 0.0211. The summed E-state index contributed by atoms with van der Waals surface area (Å²) in [5, 5.41) is 7.28. The maximum absolute atomic E-state index is 12.4. The molecule has 6 heteroatoms. The third-order valence-corrected chi connectivity index (χ3v) is 13.3. The van der Waals surface area contributed by atoms with Gasteiger partial charge in [0.05, 0.1) is 6.61 Å². The molecule has 196 valence electrons. The molecule has 2 unspecified atom stereocenters. The van der Waals surface area contributed by atoms with E-state index in [1.54, 1.807) is 0 Å². The Hall–Kier alpha value is -2.70. The molecule has 0 radical (unpaired) electrons. The average molecular weight is 517 g/mol. The van der Waals surface area contributed by atoms with Crippen molar-refractivity contribution in [2.45, 2.75) is 77.5 Å². The van der Waals surface area contributed by atoms with Crippen LogP contribution in [0.3, 0.4) is 0 Å². The van der Waals surface area contributed by atoms with E-state index in [0.717, 1.165) is 12.8 Å². The summed E-state index contributed by atoms with van der Waals surface area (Å²) < 4.78 is 14.7. The van der Waals surface area contributed by atoms with Gasteiger partial charge in [0, 0.05) is 23.8 Å². The number of aromatic nitrogens is 2. The molecular weight excluding hydrogens is 476 g/mol. The van der Waals surface area contributed by atoms with Crippen LogP contribution < -0.4 is 10.4 Å². The summed E-state index contributed by atoms with van der Waals surface area (Å²) in [4.78, 5) is 12.4. The molecule has 0 amide bonds. The van der Waals surface area contributed by atoms with Gasteiger partial charge in [0.25, 0.3) is 8.32 Å². The summed E-state index contributed by atoms with van der Waals surface area (Å²) in [5.41, 5.74) is 1.60. The fourth-order valence-electron chi connectivity index (χ4n) is 6.64. The number of benzene rings is 2. The second-order valence-corrected chi connectivity index (χ2v) is 16.2. The second-order valence-electron chi connectivity index (χ2n) is 11.9. The van der Waals surface area contributed by atoms with Crippen molar-refractivity contribution in [1.82, 2.24) is 9.78 Å². The van der Waals surface area contributed by atoms with Gasteiger partial charge >= 0.3 is 5.97 Å². The van der Waals surface area contributed by atoms with Gasteiger partial charge in [-0.3, -0.25) is 4.68 Å². The smallest absolute Gasteiger partial charge is 0.358 e. The topological polar surface area (TPSA) is 53.4 Å². The van der Waals surface area contributed by atoms with E-state index < -0.39 is 8.32 Å². The van der Waals surface area contributed by atoms with Gasteiger partial charge in [0.2, 0.25) is 0 Å². The SMILES string of the molecule is CCOC(=O)c1cc(C2[C@H]3CC(O[Si](c4ccccc4)(c4ccccc4)C(C)(C)C)C[C@@H]23)n(C(C)C)n1. The Balaban J connectivity index is 1.41. The third-order valence-electron chi connectivity index (χ3n) is 8.24. The Kier molecular flexibility index (Phi) is 6.92. The Morgan fingerprint density at radius 3 is 2.00 bits per heavy atom. The van der Waals surface area contributed by atoms with Crippen molar-refractivity contribution < 1.29 is 14.0 Å². The van der Waals surface area contributed by atoms with Gasteiger partial charge in [-0.05, 0) is 66.9 Å². The number of ether oxygens (including phenoxy) is 1. The Bertz CT molecular complexity index is 1180. The molecule has 0 spiro atoms. The average Bonchev–Trinajstić information content (AvgIpc) is 3.21. The predicted molar refractivity (Wildman–Crippen MR) is 150 cm³/mol. The largest absolute Gasteiger partial charge is 0.461 e. The van der Waals surface area contributed by atoms with E-state index in [-0.39, 0.29) is 23.2 Å². The van der Waals surface area contributed by atoms with Gasteiger partial charge in [0.15, 0.2) is 5.69 Å². The van der Waals surface area contributed by atoms with E-state index in [4.69, 9.17) is 9.16 Å². The normalized spacial score (nSPS) is 23.2. The molecule has 3 aromatic rings. The maximum Gasteiger partial charge on any atom is 0.358 e. The molecule has 0 aliphatic heterocycles. The summed E-state index contributed by atoms with van der Waals surface area (Å²) in [6.07, 6.45) is 2.34. The number of hydrogen-bond donors (Lipinski definition) is 0.